The molecule has 0 atom stereocenters. The van der Waals surface area contributed by atoms with Crippen molar-refractivity contribution in [2.75, 3.05) is 0 Å². The Labute approximate surface area is 76.3 Å². The molecule has 0 aromatic carbocycles. The Morgan fingerprint density at radius 2 is 2.00 bits per heavy atom. The van der Waals surface area contributed by atoms with Gasteiger partial charge in [0.1, 0.15) is 0 Å². The molecule has 0 spiro atoms. The second kappa shape index (κ2) is 3.55. The number of nitrogens with zero attached hydrogens (tertiary/aromatic N) is 2. The fourth-order valence-corrected chi connectivity index (χ4v) is 0.979. The first-order valence-corrected chi connectivity index (χ1v) is 3.79. The lowest BCUT2D eigenvalue weighted by molar-refractivity contribution is -0.143. The van der Waals surface area contributed by atoms with Crippen LogP contribution in [0.25, 0.3) is 0 Å². The van der Waals surface area contributed by atoms with Gasteiger partial charge < -0.3 is 0 Å². The van der Waals surface area contributed by atoms with E-state index in [0.717, 1.165) is 4.68 Å². The number of alkyl halides is 5. The van der Waals surface area contributed by atoms with E-state index in [9.17, 15) is 22.0 Å². The van der Waals surface area contributed by atoms with Gasteiger partial charge in [-0.3, -0.25) is 4.68 Å². The minimum atomic E-state index is -4.83. The summed E-state index contributed by atoms with van der Waals surface area (Å²) in [5, 5.41) is 3.03. The highest BCUT2D eigenvalue weighted by Gasteiger charge is 2.39. The smallest absolute Gasteiger partial charge is 0.272 e. The van der Waals surface area contributed by atoms with Crippen LogP contribution in [0, 0.1) is 0 Å². The molecule has 0 fully saturated rings. The number of hydrogen-bond acceptors (Lipinski definition) is 1. The number of halogens is 5. The third-order valence-corrected chi connectivity index (χ3v) is 1.62. The van der Waals surface area contributed by atoms with Gasteiger partial charge in [0.25, 0.3) is 6.43 Å². The molecule has 0 aliphatic carbocycles. The van der Waals surface area contributed by atoms with Gasteiger partial charge in [-0.05, 0) is 6.92 Å². The van der Waals surface area contributed by atoms with Crippen molar-refractivity contribution in [3.05, 3.63) is 17.5 Å². The van der Waals surface area contributed by atoms with Crippen molar-refractivity contribution in [2.24, 2.45) is 0 Å². The molecule has 80 valence electrons. The molecule has 1 aromatic heterocycles. The van der Waals surface area contributed by atoms with Crippen LogP contribution in [0.15, 0.2) is 6.20 Å². The van der Waals surface area contributed by atoms with Crippen LogP contribution in [0.1, 0.15) is 24.6 Å². The fourth-order valence-electron chi connectivity index (χ4n) is 0.979. The molecule has 0 radical (unpaired) electrons. The lowest BCUT2D eigenvalue weighted by Crippen LogP contribution is -2.10. The highest BCUT2D eigenvalue weighted by molar-refractivity contribution is 5.21. The Hall–Kier alpha value is -1.14. The van der Waals surface area contributed by atoms with E-state index in [4.69, 9.17) is 0 Å². The monoisotopic (exact) mass is 214 g/mol. The van der Waals surface area contributed by atoms with E-state index in [1.54, 1.807) is 0 Å². The summed E-state index contributed by atoms with van der Waals surface area (Å²) >= 11 is 0. The zero-order valence-corrected chi connectivity index (χ0v) is 7.15. The minimum Gasteiger partial charge on any atom is -0.272 e. The Bertz CT molecular complexity index is 314. The average Bonchev–Trinajstić information content (AvgIpc) is 2.46. The van der Waals surface area contributed by atoms with Crippen molar-refractivity contribution in [3.8, 4) is 0 Å². The second-order valence-corrected chi connectivity index (χ2v) is 2.59. The summed E-state index contributed by atoms with van der Waals surface area (Å²) in [5.74, 6) is 0. The zero-order chi connectivity index (χ0) is 10.9. The minimum absolute atomic E-state index is 0.121. The summed E-state index contributed by atoms with van der Waals surface area (Å²) in [6, 6.07) is 0. The lowest BCUT2D eigenvalue weighted by Gasteiger charge is -2.04. The van der Waals surface area contributed by atoms with Crippen LogP contribution < -0.4 is 0 Å². The summed E-state index contributed by atoms with van der Waals surface area (Å²) in [5.41, 5.74) is -2.58. The van der Waals surface area contributed by atoms with Gasteiger partial charge in [-0.1, -0.05) is 0 Å². The number of aromatic nitrogens is 2. The van der Waals surface area contributed by atoms with Crippen LogP contribution in [0.2, 0.25) is 0 Å². The molecule has 7 heteroatoms. The standard InChI is InChI=1S/C7H7F5N2/c1-2-14-3-4(6(8)9)5(13-14)7(10,11)12/h3,6H,2H2,1H3. The normalized spacial score (nSPS) is 12.5. The molecule has 1 aromatic rings. The Balaban J connectivity index is 3.19. The quantitative estimate of drug-likeness (QED) is 0.692. The van der Waals surface area contributed by atoms with E-state index in [1.165, 1.54) is 6.92 Å². The molecule has 0 unspecified atom stereocenters. The summed E-state index contributed by atoms with van der Waals surface area (Å²) in [6.07, 6.45) is -7.27. The van der Waals surface area contributed by atoms with Crippen LogP contribution in [-0.2, 0) is 12.7 Å². The number of hydrogen-bond donors (Lipinski definition) is 0. The molecular formula is C7H7F5N2. The van der Waals surface area contributed by atoms with Crippen molar-refractivity contribution >= 4 is 0 Å². The Morgan fingerprint density at radius 1 is 1.43 bits per heavy atom. The number of aryl methyl sites for hydroxylation is 1. The predicted octanol–water partition coefficient (Wildman–Crippen LogP) is 2.86. The third kappa shape index (κ3) is 2.02. The maximum Gasteiger partial charge on any atom is 0.435 e. The van der Waals surface area contributed by atoms with E-state index >= 15 is 0 Å². The van der Waals surface area contributed by atoms with Crippen molar-refractivity contribution in [1.29, 1.82) is 0 Å². The summed E-state index contributed by atoms with van der Waals surface area (Å²) in [7, 11) is 0. The Morgan fingerprint density at radius 3 is 2.29 bits per heavy atom. The van der Waals surface area contributed by atoms with Gasteiger partial charge in [0.05, 0.1) is 5.56 Å². The first-order valence-electron chi connectivity index (χ1n) is 3.79. The van der Waals surface area contributed by atoms with Gasteiger partial charge in [0, 0.05) is 12.7 Å². The summed E-state index contributed by atoms with van der Waals surface area (Å²) < 4.78 is 61.6. The number of rotatable bonds is 2. The molecule has 0 aliphatic heterocycles. The van der Waals surface area contributed by atoms with E-state index in [0.29, 0.717) is 6.20 Å². The predicted molar refractivity (Wildman–Crippen MR) is 37.9 cm³/mol. The molecule has 14 heavy (non-hydrogen) atoms. The molecule has 0 saturated carbocycles. The maximum atomic E-state index is 12.2. The average molecular weight is 214 g/mol. The molecular weight excluding hydrogens is 207 g/mol. The fraction of sp³-hybridized carbons (Fsp3) is 0.571. The van der Waals surface area contributed by atoms with E-state index in [2.05, 4.69) is 5.10 Å². The molecule has 1 heterocycles. The topological polar surface area (TPSA) is 17.8 Å². The molecule has 0 amide bonds. The van der Waals surface area contributed by atoms with Crippen molar-refractivity contribution < 1.29 is 22.0 Å². The van der Waals surface area contributed by atoms with Crippen LogP contribution in [0.3, 0.4) is 0 Å². The van der Waals surface area contributed by atoms with E-state index in [-0.39, 0.29) is 6.54 Å². The van der Waals surface area contributed by atoms with Crippen molar-refractivity contribution in [1.82, 2.24) is 9.78 Å². The molecule has 0 bridgehead atoms. The van der Waals surface area contributed by atoms with Gasteiger partial charge in [-0.2, -0.15) is 18.3 Å². The van der Waals surface area contributed by atoms with Crippen LogP contribution in [-0.4, -0.2) is 9.78 Å². The second-order valence-electron chi connectivity index (χ2n) is 2.59. The van der Waals surface area contributed by atoms with Gasteiger partial charge in [-0.15, -0.1) is 0 Å². The molecule has 1 rings (SSSR count). The first-order chi connectivity index (χ1) is 6.36. The summed E-state index contributed by atoms with van der Waals surface area (Å²) in [4.78, 5) is 0. The highest BCUT2D eigenvalue weighted by Crippen LogP contribution is 2.34. The van der Waals surface area contributed by atoms with Crippen LogP contribution in [0.4, 0.5) is 22.0 Å². The molecule has 0 aliphatic rings. The van der Waals surface area contributed by atoms with E-state index < -0.39 is 23.9 Å². The maximum absolute atomic E-state index is 12.2. The summed E-state index contributed by atoms with van der Waals surface area (Å²) in [6.45, 7) is 1.64. The first kappa shape index (κ1) is 10.9. The molecule has 0 N–H and O–H groups in total. The zero-order valence-electron chi connectivity index (χ0n) is 7.15. The molecule has 0 saturated heterocycles. The van der Waals surface area contributed by atoms with Gasteiger partial charge in [0.15, 0.2) is 5.69 Å². The van der Waals surface area contributed by atoms with Gasteiger partial charge in [-0.25, -0.2) is 8.78 Å². The van der Waals surface area contributed by atoms with Crippen molar-refractivity contribution in [3.63, 3.8) is 0 Å². The van der Waals surface area contributed by atoms with Gasteiger partial charge in [0.2, 0.25) is 0 Å². The SMILES string of the molecule is CCn1cc(C(F)F)c(C(F)(F)F)n1. The van der Waals surface area contributed by atoms with Gasteiger partial charge >= 0.3 is 6.18 Å². The van der Waals surface area contributed by atoms with Crippen LogP contribution in [0.5, 0.6) is 0 Å². The lowest BCUT2D eigenvalue weighted by atomic mass is 10.2. The van der Waals surface area contributed by atoms with E-state index in [1.807, 2.05) is 0 Å². The Kier molecular flexibility index (Phi) is 2.77. The van der Waals surface area contributed by atoms with Crippen LogP contribution >= 0.6 is 0 Å². The largest absolute Gasteiger partial charge is 0.435 e. The molecule has 2 nitrogen and oxygen atoms in total. The van der Waals surface area contributed by atoms with Crippen molar-refractivity contribution in [2.45, 2.75) is 26.1 Å². The highest BCUT2D eigenvalue weighted by atomic mass is 19.4. The third-order valence-electron chi connectivity index (χ3n) is 1.62.